The Bertz CT molecular complexity index is 929. The van der Waals surface area contributed by atoms with Gasteiger partial charge in [-0.25, -0.2) is 17.6 Å². The van der Waals surface area contributed by atoms with Gasteiger partial charge in [0.1, 0.15) is 5.69 Å². The van der Waals surface area contributed by atoms with Gasteiger partial charge in [0.15, 0.2) is 28.4 Å². The highest BCUT2D eigenvalue weighted by Crippen LogP contribution is 2.24. The molecule has 160 valence electrons. The topological polar surface area (TPSA) is 47.6 Å². The molecule has 2 aromatic rings. The number of benzene rings is 2. The lowest BCUT2D eigenvalue weighted by atomic mass is 10.2. The Hall–Kier alpha value is -2.72. The molecule has 5 nitrogen and oxygen atoms in total. The first kappa shape index (κ1) is 22.0. The van der Waals surface area contributed by atoms with Crippen molar-refractivity contribution in [2.45, 2.75) is 6.42 Å². The highest BCUT2D eigenvalue weighted by Gasteiger charge is 2.23. The van der Waals surface area contributed by atoms with E-state index in [2.05, 4.69) is 10.6 Å². The fourth-order valence-corrected chi connectivity index (χ4v) is 3.41. The van der Waals surface area contributed by atoms with Crippen LogP contribution in [0.1, 0.15) is 6.42 Å². The van der Waals surface area contributed by atoms with Crippen LogP contribution in [0.5, 0.6) is 0 Å². The van der Waals surface area contributed by atoms with E-state index in [1.54, 1.807) is 17.0 Å². The second kappa shape index (κ2) is 9.86. The SMILES string of the molecule is O=C(CN1CCCN(C(=S)Nc2c(F)cc(F)c(F)c2F)CC1)Nc1ccccc1. The van der Waals surface area contributed by atoms with Crippen molar-refractivity contribution in [2.75, 3.05) is 43.4 Å². The molecule has 10 heteroatoms. The summed E-state index contributed by atoms with van der Waals surface area (Å²) in [5, 5.41) is 5.15. The lowest BCUT2D eigenvalue weighted by molar-refractivity contribution is -0.117. The van der Waals surface area contributed by atoms with E-state index in [1.807, 2.05) is 23.1 Å². The Labute approximate surface area is 176 Å². The third-order valence-corrected chi connectivity index (χ3v) is 5.01. The summed E-state index contributed by atoms with van der Waals surface area (Å²) >= 11 is 5.19. The summed E-state index contributed by atoms with van der Waals surface area (Å²) in [6.45, 7) is 2.20. The summed E-state index contributed by atoms with van der Waals surface area (Å²) in [5.74, 6) is -6.47. The Morgan fingerprint density at radius 2 is 1.67 bits per heavy atom. The molecule has 0 unspecified atom stereocenters. The predicted octanol–water partition coefficient (Wildman–Crippen LogP) is 3.59. The number of rotatable bonds is 4. The van der Waals surface area contributed by atoms with Crippen LogP contribution in [0.25, 0.3) is 0 Å². The van der Waals surface area contributed by atoms with Crippen LogP contribution in [0.4, 0.5) is 28.9 Å². The van der Waals surface area contributed by atoms with Gasteiger partial charge < -0.3 is 15.5 Å². The molecular weight excluding hydrogens is 420 g/mol. The molecule has 3 rings (SSSR count). The molecule has 1 heterocycles. The molecule has 1 saturated heterocycles. The summed E-state index contributed by atoms with van der Waals surface area (Å²) in [7, 11) is 0. The Kier molecular flexibility index (Phi) is 7.22. The minimum absolute atomic E-state index is 0.00519. The molecule has 0 bridgehead atoms. The smallest absolute Gasteiger partial charge is 0.238 e. The number of hydrogen-bond donors (Lipinski definition) is 2. The molecule has 2 N–H and O–H groups in total. The average molecular weight is 440 g/mol. The van der Waals surface area contributed by atoms with Crippen LogP contribution < -0.4 is 10.6 Å². The fourth-order valence-electron chi connectivity index (χ4n) is 3.12. The number of anilines is 2. The van der Waals surface area contributed by atoms with Gasteiger partial charge in [0.2, 0.25) is 5.91 Å². The minimum atomic E-state index is -1.77. The van der Waals surface area contributed by atoms with Crippen molar-refractivity contribution in [2.24, 2.45) is 0 Å². The molecule has 0 aromatic heterocycles. The van der Waals surface area contributed by atoms with Gasteiger partial charge in [-0.1, -0.05) is 18.2 Å². The summed E-state index contributed by atoms with van der Waals surface area (Å²) in [4.78, 5) is 15.8. The first-order chi connectivity index (χ1) is 14.3. The van der Waals surface area contributed by atoms with E-state index < -0.39 is 29.0 Å². The molecule has 1 fully saturated rings. The van der Waals surface area contributed by atoms with Crippen LogP contribution in [-0.4, -0.2) is 53.5 Å². The molecule has 1 aliphatic rings. The highest BCUT2D eigenvalue weighted by molar-refractivity contribution is 7.80. The van der Waals surface area contributed by atoms with Gasteiger partial charge in [-0.05, 0) is 30.8 Å². The first-order valence-corrected chi connectivity index (χ1v) is 9.72. The van der Waals surface area contributed by atoms with E-state index in [-0.39, 0.29) is 23.6 Å². The van der Waals surface area contributed by atoms with Crippen molar-refractivity contribution in [1.29, 1.82) is 0 Å². The molecular formula is C20H20F4N4OS. The first-order valence-electron chi connectivity index (χ1n) is 9.31. The second-order valence-corrected chi connectivity index (χ2v) is 7.19. The van der Waals surface area contributed by atoms with Gasteiger partial charge in [-0.15, -0.1) is 0 Å². The van der Waals surface area contributed by atoms with Crippen LogP contribution in [0.15, 0.2) is 36.4 Å². The molecule has 1 aliphatic heterocycles. The number of carbonyl (C=O) groups is 1. The summed E-state index contributed by atoms with van der Waals surface area (Å²) in [6, 6.07) is 9.36. The van der Waals surface area contributed by atoms with E-state index >= 15 is 0 Å². The van der Waals surface area contributed by atoms with E-state index in [9.17, 15) is 22.4 Å². The molecule has 0 atom stereocenters. The second-order valence-electron chi connectivity index (χ2n) is 6.80. The van der Waals surface area contributed by atoms with Gasteiger partial charge in [-0.3, -0.25) is 9.69 Å². The highest BCUT2D eigenvalue weighted by atomic mass is 32.1. The van der Waals surface area contributed by atoms with Gasteiger partial charge in [0.25, 0.3) is 0 Å². The van der Waals surface area contributed by atoms with Crippen LogP contribution >= 0.6 is 12.2 Å². The van der Waals surface area contributed by atoms with Crippen LogP contribution in [0.2, 0.25) is 0 Å². The number of amides is 1. The molecule has 0 radical (unpaired) electrons. The van der Waals surface area contributed by atoms with Crippen molar-refractivity contribution in [3.63, 3.8) is 0 Å². The number of nitrogens with zero attached hydrogens (tertiary/aromatic N) is 2. The molecule has 0 saturated carbocycles. The van der Waals surface area contributed by atoms with Crippen molar-refractivity contribution in [3.8, 4) is 0 Å². The normalized spacial score (nSPS) is 14.9. The van der Waals surface area contributed by atoms with Crippen molar-refractivity contribution < 1.29 is 22.4 Å². The zero-order valence-corrected chi connectivity index (χ0v) is 16.7. The third kappa shape index (κ3) is 5.45. The standard InChI is InChI=1S/C20H20F4N4OS/c21-14-11-15(22)19(18(24)17(14)23)26-20(30)28-8-4-7-27(9-10-28)12-16(29)25-13-5-2-1-3-6-13/h1-3,5-6,11H,4,7-10,12H2,(H,25,29)(H,26,30). The summed E-state index contributed by atoms with van der Waals surface area (Å²) in [5.41, 5.74) is -0.123. The number of nitrogens with one attached hydrogen (secondary N) is 2. The maximum Gasteiger partial charge on any atom is 0.238 e. The van der Waals surface area contributed by atoms with Gasteiger partial charge in [-0.2, -0.15) is 0 Å². The van der Waals surface area contributed by atoms with E-state index in [4.69, 9.17) is 12.2 Å². The minimum Gasteiger partial charge on any atom is -0.348 e. The van der Waals surface area contributed by atoms with Crippen LogP contribution in [0.3, 0.4) is 0 Å². The summed E-state index contributed by atoms with van der Waals surface area (Å²) in [6.07, 6.45) is 0.656. The lowest BCUT2D eigenvalue weighted by Crippen LogP contribution is -2.39. The van der Waals surface area contributed by atoms with Crippen LogP contribution in [0, 0.1) is 23.3 Å². The number of para-hydroxylation sites is 1. The maximum atomic E-state index is 13.9. The van der Waals surface area contributed by atoms with E-state index in [1.165, 1.54) is 0 Å². The van der Waals surface area contributed by atoms with Crippen molar-refractivity contribution in [3.05, 3.63) is 59.7 Å². The Morgan fingerprint density at radius 3 is 2.40 bits per heavy atom. The molecule has 2 aromatic carbocycles. The van der Waals surface area contributed by atoms with Crippen LogP contribution in [-0.2, 0) is 4.79 Å². The zero-order valence-electron chi connectivity index (χ0n) is 15.9. The molecule has 30 heavy (non-hydrogen) atoms. The Morgan fingerprint density at radius 1 is 0.933 bits per heavy atom. The lowest BCUT2D eigenvalue weighted by Gasteiger charge is -2.25. The number of hydrogen-bond acceptors (Lipinski definition) is 3. The largest absolute Gasteiger partial charge is 0.348 e. The Balaban J connectivity index is 1.55. The number of thiocarbonyl (C=S) groups is 1. The molecule has 0 spiro atoms. The van der Waals surface area contributed by atoms with Gasteiger partial charge in [0.05, 0.1) is 6.54 Å². The third-order valence-electron chi connectivity index (χ3n) is 4.65. The summed E-state index contributed by atoms with van der Waals surface area (Å²) < 4.78 is 54.2. The average Bonchev–Trinajstić information content (AvgIpc) is 2.96. The monoisotopic (exact) mass is 440 g/mol. The number of carbonyl (C=O) groups excluding carboxylic acids is 1. The van der Waals surface area contributed by atoms with Gasteiger partial charge >= 0.3 is 0 Å². The van der Waals surface area contributed by atoms with Gasteiger partial charge in [0, 0.05) is 37.9 Å². The fraction of sp³-hybridized carbons (Fsp3) is 0.300. The molecule has 1 amide bonds. The zero-order chi connectivity index (χ0) is 21.7. The quantitative estimate of drug-likeness (QED) is 0.329. The van der Waals surface area contributed by atoms with Crippen molar-refractivity contribution >= 4 is 34.6 Å². The van der Waals surface area contributed by atoms with E-state index in [0.717, 1.165) is 0 Å². The van der Waals surface area contributed by atoms with E-state index in [0.29, 0.717) is 38.3 Å². The molecule has 0 aliphatic carbocycles. The predicted molar refractivity (Wildman–Crippen MR) is 110 cm³/mol. The number of halogens is 4. The maximum absolute atomic E-state index is 13.9. The van der Waals surface area contributed by atoms with Crippen molar-refractivity contribution in [1.82, 2.24) is 9.80 Å².